The third-order valence-electron chi connectivity index (χ3n) is 0. The lowest BCUT2D eigenvalue weighted by Gasteiger charge is -1.60. The molecule has 0 radical (unpaired) electrons. The van der Waals surface area contributed by atoms with Crippen molar-refractivity contribution in [2.24, 2.45) is 0 Å². The van der Waals surface area contributed by atoms with E-state index in [0.717, 1.165) is 0 Å². The van der Waals surface area contributed by atoms with Gasteiger partial charge in [0, 0.05) is 0 Å². The van der Waals surface area contributed by atoms with Crippen molar-refractivity contribution in [2.45, 2.75) is 13.8 Å². The van der Waals surface area contributed by atoms with Crippen LogP contribution >= 0.6 is 0 Å². The maximum Gasteiger partial charge on any atom is 0.503 e. The molecule has 0 atom stereocenters. The molecule has 0 aromatic rings. The van der Waals surface area contributed by atoms with Crippen LogP contribution in [0.1, 0.15) is 13.8 Å². The Morgan fingerprint density at radius 3 is 1.33 bits per heavy atom. The van der Waals surface area contributed by atoms with Gasteiger partial charge in [0.15, 0.2) is 0 Å². The average Bonchev–Trinajstić information content (AvgIpc) is 1.41. The summed E-state index contributed by atoms with van der Waals surface area (Å²) in [6.45, 7) is 4.00. The highest BCUT2D eigenvalue weighted by Gasteiger charge is 1.70. The number of hydrogen-bond acceptors (Lipinski definition) is 1. The van der Waals surface area contributed by atoms with Crippen molar-refractivity contribution in [2.75, 3.05) is 0 Å². The summed E-state index contributed by atoms with van der Waals surface area (Å²) in [6, 6.07) is 0. The lowest BCUT2D eigenvalue weighted by atomic mass is 11.0. The molecule has 0 aromatic heterocycles. The van der Waals surface area contributed by atoms with E-state index in [9.17, 15) is 0 Å². The Hall–Kier alpha value is -0.730. The van der Waals surface area contributed by atoms with Gasteiger partial charge < -0.3 is 10.2 Å². The van der Waals surface area contributed by atoms with Crippen LogP contribution in [0.25, 0.3) is 0 Å². The molecule has 3 nitrogen and oxygen atoms in total. The van der Waals surface area contributed by atoms with E-state index < -0.39 is 6.16 Å². The molecule has 0 fully saturated rings. The molecule has 0 heterocycles. The molecule has 3 heteroatoms. The van der Waals surface area contributed by atoms with E-state index >= 15 is 0 Å². The second-order valence-corrected chi connectivity index (χ2v) is 0.283. The lowest BCUT2D eigenvalue weighted by molar-refractivity contribution is 0.137. The summed E-state index contributed by atoms with van der Waals surface area (Å²) in [5, 5.41) is 13.9. The molecule has 2 N–H and O–H groups in total. The van der Waals surface area contributed by atoms with Gasteiger partial charge in [-0.1, -0.05) is 13.8 Å². The fourth-order valence-corrected chi connectivity index (χ4v) is 0. The summed E-state index contributed by atoms with van der Waals surface area (Å²) in [5.41, 5.74) is 0. The topological polar surface area (TPSA) is 57.5 Å². The van der Waals surface area contributed by atoms with E-state index in [4.69, 9.17) is 15.0 Å². The molecule has 0 bridgehead atoms. The van der Waals surface area contributed by atoms with Crippen LogP contribution in [0, 0.1) is 0 Å². The molecule has 0 aliphatic heterocycles. The van der Waals surface area contributed by atoms with Gasteiger partial charge >= 0.3 is 6.16 Å². The van der Waals surface area contributed by atoms with Gasteiger partial charge in [-0.15, -0.1) is 0 Å². The summed E-state index contributed by atoms with van der Waals surface area (Å²) in [5.74, 6) is 0. The van der Waals surface area contributed by atoms with Gasteiger partial charge in [-0.2, -0.15) is 0 Å². The summed E-state index contributed by atoms with van der Waals surface area (Å²) in [7, 11) is 0. The molecule has 0 spiro atoms. The van der Waals surface area contributed by atoms with Gasteiger partial charge in [-0.3, -0.25) is 0 Å². The first-order valence-electron chi connectivity index (χ1n) is 1.65. The number of carbonyl (C=O) groups is 1. The fourth-order valence-electron chi connectivity index (χ4n) is 0. The van der Waals surface area contributed by atoms with Crippen LogP contribution in [-0.4, -0.2) is 16.4 Å². The van der Waals surface area contributed by atoms with Crippen molar-refractivity contribution in [1.29, 1.82) is 0 Å². The van der Waals surface area contributed by atoms with Crippen molar-refractivity contribution in [3.63, 3.8) is 0 Å². The third kappa shape index (κ3) is 31.6. The normalized spacial score (nSPS) is 5.00. The fraction of sp³-hybridized carbons (Fsp3) is 0.667. The summed E-state index contributed by atoms with van der Waals surface area (Å²) < 4.78 is 0. The van der Waals surface area contributed by atoms with Crippen LogP contribution < -0.4 is 0 Å². The van der Waals surface area contributed by atoms with Crippen LogP contribution in [0.3, 0.4) is 0 Å². The first-order chi connectivity index (χ1) is 2.73. The summed E-state index contributed by atoms with van der Waals surface area (Å²) >= 11 is 0. The predicted octanol–water partition coefficient (Wildman–Crippen LogP) is 1.25. The average molecular weight is 92.1 g/mol. The number of carboxylic acid groups (broad SMARTS) is 2. The zero-order chi connectivity index (χ0) is 5.58. The lowest BCUT2D eigenvalue weighted by Crippen LogP contribution is -1.81. The van der Waals surface area contributed by atoms with E-state index in [1.165, 1.54) is 0 Å². The van der Waals surface area contributed by atoms with E-state index in [1.54, 1.807) is 0 Å². The first-order valence-corrected chi connectivity index (χ1v) is 1.65. The van der Waals surface area contributed by atoms with Crippen LogP contribution in [0.2, 0.25) is 0 Å². The largest absolute Gasteiger partial charge is 0.503 e. The van der Waals surface area contributed by atoms with Crippen molar-refractivity contribution >= 4 is 6.16 Å². The van der Waals surface area contributed by atoms with Gasteiger partial charge in [0.1, 0.15) is 0 Å². The third-order valence-corrected chi connectivity index (χ3v) is 0. The molecule has 0 aromatic carbocycles. The van der Waals surface area contributed by atoms with Gasteiger partial charge in [-0.05, 0) is 0 Å². The first kappa shape index (κ1) is 8.99. The highest BCUT2D eigenvalue weighted by Crippen LogP contribution is 1.42. The molecule has 0 aliphatic rings. The van der Waals surface area contributed by atoms with Crippen LogP contribution in [-0.2, 0) is 0 Å². The van der Waals surface area contributed by atoms with E-state index in [0.29, 0.717) is 0 Å². The molecule has 0 saturated carbocycles. The second-order valence-electron chi connectivity index (χ2n) is 0.283. The standard InChI is InChI=1S/C2H6.CH2O3/c1-2;2-1(3)4/h1-2H3;(H2,2,3,4). The molecule has 0 unspecified atom stereocenters. The number of hydrogen-bond donors (Lipinski definition) is 2. The van der Waals surface area contributed by atoms with Gasteiger partial charge in [-0.25, -0.2) is 4.79 Å². The minimum absolute atomic E-state index is 1.83. The predicted molar refractivity (Wildman–Crippen MR) is 22.0 cm³/mol. The zero-order valence-corrected chi connectivity index (χ0v) is 3.80. The van der Waals surface area contributed by atoms with Gasteiger partial charge in [0.2, 0.25) is 0 Å². The molecule has 0 aliphatic carbocycles. The van der Waals surface area contributed by atoms with Crippen molar-refractivity contribution in [3.05, 3.63) is 0 Å². The Labute approximate surface area is 36.2 Å². The molecular formula is C3H8O3. The van der Waals surface area contributed by atoms with Crippen LogP contribution in [0.4, 0.5) is 4.79 Å². The minimum Gasteiger partial charge on any atom is -0.450 e. The SMILES string of the molecule is CC.O=C(O)O. The van der Waals surface area contributed by atoms with Crippen LogP contribution in [0.5, 0.6) is 0 Å². The molecular weight excluding hydrogens is 84.0 g/mol. The maximum atomic E-state index is 8.56. The van der Waals surface area contributed by atoms with Crippen molar-refractivity contribution in [3.8, 4) is 0 Å². The minimum atomic E-state index is -1.83. The summed E-state index contributed by atoms with van der Waals surface area (Å²) in [6.07, 6.45) is -1.83. The Balaban J connectivity index is 0. The molecule has 0 rings (SSSR count). The zero-order valence-electron chi connectivity index (χ0n) is 3.80. The monoisotopic (exact) mass is 92.0 g/mol. The maximum absolute atomic E-state index is 8.56. The number of rotatable bonds is 0. The molecule has 0 amide bonds. The highest BCUT2D eigenvalue weighted by atomic mass is 16.6. The summed E-state index contributed by atoms with van der Waals surface area (Å²) in [4.78, 5) is 8.56. The Morgan fingerprint density at radius 1 is 1.33 bits per heavy atom. The quantitative estimate of drug-likeness (QED) is 0.472. The Kier molecular flexibility index (Phi) is 13.3. The Morgan fingerprint density at radius 2 is 1.33 bits per heavy atom. The van der Waals surface area contributed by atoms with Gasteiger partial charge in [0.25, 0.3) is 0 Å². The van der Waals surface area contributed by atoms with E-state index in [-0.39, 0.29) is 0 Å². The van der Waals surface area contributed by atoms with E-state index in [2.05, 4.69) is 0 Å². The Bertz CT molecular complexity index is 29.0. The smallest absolute Gasteiger partial charge is 0.450 e. The molecule has 38 valence electrons. The molecule has 0 saturated heterocycles. The molecule has 6 heavy (non-hydrogen) atoms. The van der Waals surface area contributed by atoms with Crippen LogP contribution in [0.15, 0.2) is 0 Å². The van der Waals surface area contributed by atoms with Crippen molar-refractivity contribution in [1.82, 2.24) is 0 Å². The van der Waals surface area contributed by atoms with Gasteiger partial charge in [0.05, 0.1) is 0 Å². The van der Waals surface area contributed by atoms with Crippen molar-refractivity contribution < 1.29 is 15.0 Å². The van der Waals surface area contributed by atoms with E-state index in [1.807, 2.05) is 13.8 Å². The second kappa shape index (κ2) is 8.86. The highest BCUT2D eigenvalue weighted by molar-refractivity contribution is 5.53.